The molecule has 0 fully saturated rings. The van der Waals surface area contributed by atoms with Crippen molar-refractivity contribution in [3.63, 3.8) is 0 Å². The molecule has 0 bridgehead atoms. The molecule has 1 rings (SSSR count). The van der Waals surface area contributed by atoms with Crippen molar-refractivity contribution in [2.45, 2.75) is 27.3 Å². The normalized spacial score (nSPS) is 11.7. The predicted octanol–water partition coefficient (Wildman–Crippen LogP) is 2.06. The second-order valence-corrected chi connectivity index (χ2v) is 5.37. The van der Waals surface area contributed by atoms with Crippen molar-refractivity contribution in [3.8, 4) is 0 Å². The maximum Gasteiger partial charge on any atom is 0.182 e. The highest BCUT2D eigenvalue weighted by atomic mass is 32.1. The molecular formula is C9H17N3S. The highest BCUT2D eigenvalue weighted by Gasteiger charge is 2.10. The second-order valence-electron chi connectivity index (χ2n) is 4.25. The van der Waals surface area contributed by atoms with Gasteiger partial charge in [-0.05, 0) is 5.41 Å². The van der Waals surface area contributed by atoms with Crippen molar-refractivity contribution in [1.82, 2.24) is 4.98 Å². The predicted molar refractivity (Wildman–Crippen MR) is 58.0 cm³/mol. The summed E-state index contributed by atoms with van der Waals surface area (Å²) in [7, 11) is 0. The monoisotopic (exact) mass is 199 g/mol. The fourth-order valence-corrected chi connectivity index (χ4v) is 1.51. The number of thiazole rings is 1. The first kappa shape index (κ1) is 10.5. The molecule has 0 aliphatic carbocycles. The van der Waals surface area contributed by atoms with E-state index in [2.05, 4.69) is 31.1 Å². The van der Waals surface area contributed by atoms with E-state index in [9.17, 15) is 0 Å². The summed E-state index contributed by atoms with van der Waals surface area (Å²) >= 11 is 1.63. The lowest BCUT2D eigenvalue weighted by atomic mass is 9.97. The molecule has 13 heavy (non-hydrogen) atoms. The van der Waals surface area contributed by atoms with Gasteiger partial charge in [0.15, 0.2) is 5.13 Å². The minimum atomic E-state index is 0.286. The Labute approximate surface area is 83.4 Å². The van der Waals surface area contributed by atoms with Crippen LogP contribution in [0.1, 0.15) is 25.6 Å². The van der Waals surface area contributed by atoms with Crippen LogP contribution in [-0.4, -0.2) is 11.5 Å². The standard InChI is InChI=1S/C9H17N3S/c1-9(2,3)6-12-8-11-5-7(4-10)13-8/h5H,4,6,10H2,1-3H3,(H,11,12). The molecule has 0 aromatic carbocycles. The SMILES string of the molecule is CC(C)(C)CNc1ncc(CN)s1. The van der Waals surface area contributed by atoms with Gasteiger partial charge in [-0.2, -0.15) is 0 Å². The van der Waals surface area contributed by atoms with Gasteiger partial charge in [-0.25, -0.2) is 4.98 Å². The molecule has 1 aromatic rings. The molecule has 0 spiro atoms. The number of hydrogen-bond donors (Lipinski definition) is 2. The van der Waals surface area contributed by atoms with Gasteiger partial charge in [-0.1, -0.05) is 20.8 Å². The number of nitrogens with one attached hydrogen (secondary N) is 1. The maximum atomic E-state index is 5.49. The highest BCUT2D eigenvalue weighted by molar-refractivity contribution is 7.15. The lowest BCUT2D eigenvalue weighted by Crippen LogP contribution is -2.18. The number of rotatable bonds is 3. The summed E-state index contributed by atoms with van der Waals surface area (Å²) in [6, 6.07) is 0. The summed E-state index contributed by atoms with van der Waals surface area (Å²) < 4.78 is 0. The molecule has 0 atom stereocenters. The summed E-state index contributed by atoms with van der Waals surface area (Å²) in [6.07, 6.45) is 1.83. The van der Waals surface area contributed by atoms with Crippen molar-refractivity contribution in [3.05, 3.63) is 11.1 Å². The fraction of sp³-hybridized carbons (Fsp3) is 0.667. The zero-order chi connectivity index (χ0) is 9.90. The summed E-state index contributed by atoms with van der Waals surface area (Å²) in [5.74, 6) is 0. The third-order valence-electron chi connectivity index (χ3n) is 1.52. The summed E-state index contributed by atoms with van der Waals surface area (Å²) in [5, 5.41) is 4.26. The molecule has 0 saturated heterocycles. The Balaban J connectivity index is 2.46. The first-order valence-electron chi connectivity index (χ1n) is 4.40. The molecule has 0 aliphatic heterocycles. The summed E-state index contributed by atoms with van der Waals surface area (Å²) in [5.41, 5.74) is 5.77. The minimum Gasteiger partial charge on any atom is -0.361 e. The van der Waals surface area contributed by atoms with Crippen LogP contribution in [0.5, 0.6) is 0 Å². The van der Waals surface area contributed by atoms with E-state index >= 15 is 0 Å². The first-order chi connectivity index (χ1) is 6.01. The molecule has 0 amide bonds. The zero-order valence-corrected chi connectivity index (χ0v) is 9.24. The Morgan fingerprint density at radius 3 is 2.69 bits per heavy atom. The van der Waals surface area contributed by atoms with Gasteiger partial charge < -0.3 is 11.1 Å². The third kappa shape index (κ3) is 3.74. The molecule has 3 nitrogen and oxygen atoms in total. The summed E-state index contributed by atoms with van der Waals surface area (Å²) in [4.78, 5) is 5.34. The molecule has 0 saturated carbocycles. The molecule has 0 unspecified atom stereocenters. The average molecular weight is 199 g/mol. The Bertz CT molecular complexity index is 262. The van der Waals surface area contributed by atoms with Gasteiger partial charge in [0.05, 0.1) is 0 Å². The molecule has 74 valence electrons. The van der Waals surface area contributed by atoms with E-state index in [4.69, 9.17) is 5.73 Å². The lowest BCUT2D eigenvalue weighted by Gasteiger charge is -2.17. The van der Waals surface area contributed by atoms with Crippen LogP contribution in [0.4, 0.5) is 5.13 Å². The van der Waals surface area contributed by atoms with E-state index in [1.807, 2.05) is 6.20 Å². The molecule has 0 aliphatic rings. The van der Waals surface area contributed by atoms with Gasteiger partial charge in [0.2, 0.25) is 0 Å². The van der Waals surface area contributed by atoms with E-state index in [0.717, 1.165) is 16.6 Å². The zero-order valence-electron chi connectivity index (χ0n) is 8.42. The molecule has 0 radical (unpaired) electrons. The Morgan fingerprint density at radius 2 is 2.23 bits per heavy atom. The van der Waals surface area contributed by atoms with E-state index in [1.54, 1.807) is 11.3 Å². The Morgan fingerprint density at radius 1 is 1.54 bits per heavy atom. The van der Waals surface area contributed by atoms with Gasteiger partial charge in [0, 0.05) is 24.2 Å². The van der Waals surface area contributed by atoms with Crippen LogP contribution in [0.15, 0.2) is 6.20 Å². The van der Waals surface area contributed by atoms with Crippen LogP contribution < -0.4 is 11.1 Å². The minimum absolute atomic E-state index is 0.286. The van der Waals surface area contributed by atoms with Crippen molar-refractivity contribution in [1.29, 1.82) is 0 Å². The van der Waals surface area contributed by atoms with Crippen LogP contribution in [0.25, 0.3) is 0 Å². The largest absolute Gasteiger partial charge is 0.361 e. The van der Waals surface area contributed by atoms with Crippen LogP contribution in [0.3, 0.4) is 0 Å². The molecule has 4 heteroatoms. The van der Waals surface area contributed by atoms with Crippen molar-refractivity contribution in [2.75, 3.05) is 11.9 Å². The van der Waals surface area contributed by atoms with Gasteiger partial charge in [0.1, 0.15) is 0 Å². The molecule has 3 N–H and O–H groups in total. The Kier molecular flexibility index (Phi) is 3.27. The van der Waals surface area contributed by atoms with Crippen molar-refractivity contribution < 1.29 is 0 Å². The van der Waals surface area contributed by atoms with Crippen LogP contribution in [0, 0.1) is 5.41 Å². The van der Waals surface area contributed by atoms with Gasteiger partial charge >= 0.3 is 0 Å². The van der Waals surface area contributed by atoms with E-state index in [0.29, 0.717) is 6.54 Å². The van der Waals surface area contributed by atoms with Gasteiger partial charge in [0.25, 0.3) is 0 Å². The summed E-state index contributed by atoms with van der Waals surface area (Å²) in [6.45, 7) is 8.09. The quantitative estimate of drug-likeness (QED) is 0.783. The van der Waals surface area contributed by atoms with Crippen LogP contribution in [-0.2, 0) is 6.54 Å². The third-order valence-corrected chi connectivity index (χ3v) is 2.50. The van der Waals surface area contributed by atoms with Gasteiger partial charge in [-0.3, -0.25) is 0 Å². The number of anilines is 1. The lowest BCUT2D eigenvalue weighted by molar-refractivity contribution is 0.443. The smallest absolute Gasteiger partial charge is 0.182 e. The number of nitrogens with two attached hydrogens (primary N) is 1. The van der Waals surface area contributed by atoms with E-state index in [-0.39, 0.29) is 5.41 Å². The number of hydrogen-bond acceptors (Lipinski definition) is 4. The van der Waals surface area contributed by atoms with Crippen molar-refractivity contribution >= 4 is 16.5 Å². The van der Waals surface area contributed by atoms with E-state index in [1.165, 1.54) is 0 Å². The molecule has 1 aromatic heterocycles. The number of aromatic nitrogens is 1. The molecule has 1 heterocycles. The fourth-order valence-electron chi connectivity index (χ4n) is 0.824. The topological polar surface area (TPSA) is 50.9 Å². The van der Waals surface area contributed by atoms with Crippen molar-refractivity contribution in [2.24, 2.45) is 11.1 Å². The maximum absolute atomic E-state index is 5.49. The second kappa shape index (κ2) is 4.07. The number of nitrogens with zero attached hydrogens (tertiary/aromatic N) is 1. The Hall–Kier alpha value is -0.610. The van der Waals surface area contributed by atoms with Crippen LogP contribution >= 0.6 is 11.3 Å². The first-order valence-corrected chi connectivity index (χ1v) is 5.21. The highest BCUT2D eigenvalue weighted by Crippen LogP contribution is 2.20. The molecular weight excluding hydrogens is 182 g/mol. The van der Waals surface area contributed by atoms with Gasteiger partial charge in [-0.15, -0.1) is 11.3 Å². The van der Waals surface area contributed by atoms with Crippen LogP contribution in [0.2, 0.25) is 0 Å². The van der Waals surface area contributed by atoms with E-state index < -0.39 is 0 Å². The average Bonchev–Trinajstić information content (AvgIpc) is 2.47.